The third-order valence-electron chi connectivity index (χ3n) is 2.19. The molecule has 0 saturated carbocycles. The van der Waals surface area contributed by atoms with Crippen molar-refractivity contribution >= 4 is 35.2 Å². The second-order valence-electron chi connectivity index (χ2n) is 3.79. The topological polar surface area (TPSA) is 108 Å². The van der Waals surface area contributed by atoms with E-state index < -0.39 is 12.0 Å². The zero-order valence-corrected chi connectivity index (χ0v) is 11.5. The molecule has 1 aromatic carbocycles. The molecule has 108 valence electrons. The summed E-state index contributed by atoms with van der Waals surface area (Å²) in [5, 5.41) is 16.3. The van der Waals surface area contributed by atoms with E-state index in [0.717, 1.165) is 0 Å². The summed E-state index contributed by atoms with van der Waals surface area (Å²) in [6.07, 6.45) is 0. The summed E-state index contributed by atoms with van der Waals surface area (Å²) in [5.74, 6) is -1.47. The normalized spacial score (nSPS) is 9.70. The number of urea groups is 1. The molecule has 0 aliphatic heterocycles. The Morgan fingerprint density at radius 2 is 1.90 bits per heavy atom. The molecule has 0 radical (unpaired) electrons. The van der Waals surface area contributed by atoms with Crippen molar-refractivity contribution in [1.82, 2.24) is 10.6 Å². The number of hydrogen-bond acceptors (Lipinski definition) is 3. The summed E-state index contributed by atoms with van der Waals surface area (Å²) in [7, 11) is 0. The lowest BCUT2D eigenvalue weighted by atomic mass is 10.2. The number of anilines is 1. The number of carbonyl (C=O) groups is 3. The van der Waals surface area contributed by atoms with E-state index in [-0.39, 0.29) is 28.7 Å². The molecule has 8 heteroatoms. The molecule has 0 bridgehead atoms. The smallest absolute Gasteiger partial charge is 0.335 e. The minimum atomic E-state index is -1.15. The predicted molar refractivity (Wildman–Crippen MR) is 74.1 cm³/mol. The number of amides is 3. The Bertz CT molecular complexity index is 533. The Morgan fingerprint density at radius 1 is 1.20 bits per heavy atom. The van der Waals surface area contributed by atoms with E-state index in [4.69, 9.17) is 16.7 Å². The van der Waals surface area contributed by atoms with E-state index in [2.05, 4.69) is 16.0 Å². The maximum Gasteiger partial charge on any atom is 0.335 e. The van der Waals surface area contributed by atoms with Crippen LogP contribution in [0.2, 0.25) is 5.02 Å². The Labute approximate surface area is 120 Å². The molecule has 0 unspecified atom stereocenters. The molecule has 0 aliphatic rings. The molecule has 0 fully saturated rings. The average molecular weight is 300 g/mol. The molecule has 1 rings (SSSR count). The third kappa shape index (κ3) is 5.15. The minimum absolute atomic E-state index is 0.0449. The summed E-state index contributed by atoms with van der Waals surface area (Å²) in [6, 6.07) is 3.30. The number of halogens is 1. The number of hydrogen-bond donors (Lipinski definition) is 4. The largest absolute Gasteiger partial charge is 0.478 e. The number of nitrogens with one attached hydrogen (secondary N) is 3. The molecule has 7 nitrogen and oxygen atoms in total. The van der Waals surface area contributed by atoms with Crippen LogP contribution in [0.4, 0.5) is 10.5 Å². The van der Waals surface area contributed by atoms with E-state index in [9.17, 15) is 14.4 Å². The van der Waals surface area contributed by atoms with Crippen molar-refractivity contribution < 1.29 is 19.5 Å². The molecule has 3 amide bonds. The van der Waals surface area contributed by atoms with Gasteiger partial charge in [-0.15, -0.1) is 0 Å². The van der Waals surface area contributed by atoms with Crippen LogP contribution in [-0.2, 0) is 4.79 Å². The first-order valence-corrected chi connectivity index (χ1v) is 6.15. The molecule has 20 heavy (non-hydrogen) atoms. The number of aromatic carboxylic acids is 1. The van der Waals surface area contributed by atoms with E-state index >= 15 is 0 Å². The Hall–Kier alpha value is -2.28. The van der Waals surface area contributed by atoms with Crippen LogP contribution < -0.4 is 16.0 Å². The van der Waals surface area contributed by atoms with Crippen LogP contribution >= 0.6 is 11.6 Å². The van der Waals surface area contributed by atoms with Gasteiger partial charge in [0.2, 0.25) is 5.91 Å². The van der Waals surface area contributed by atoms with Crippen molar-refractivity contribution in [2.45, 2.75) is 6.92 Å². The number of benzene rings is 1. The van der Waals surface area contributed by atoms with Gasteiger partial charge in [0.25, 0.3) is 0 Å². The SMILES string of the molecule is CCNC(=O)CNC(=O)Nc1cc(Cl)cc(C(=O)O)c1. The maximum atomic E-state index is 11.5. The fraction of sp³-hybridized carbons (Fsp3) is 0.250. The van der Waals surface area contributed by atoms with Crippen LogP contribution in [0.5, 0.6) is 0 Å². The zero-order valence-electron chi connectivity index (χ0n) is 10.7. The summed E-state index contributed by atoms with van der Waals surface area (Å²) < 4.78 is 0. The maximum absolute atomic E-state index is 11.5. The number of carboxylic acid groups (broad SMARTS) is 1. The second-order valence-corrected chi connectivity index (χ2v) is 4.23. The van der Waals surface area contributed by atoms with Crippen molar-refractivity contribution in [3.8, 4) is 0 Å². The molecule has 0 saturated heterocycles. The van der Waals surface area contributed by atoms with Crippen LogP contribution in [0, 0.1) is 0 Å². The lowest BCUT2D eigenvalue weighted by Crippen LogP contribution is -2.38. The molecular formula is C12H14ClN3O4. The lowest BCUT2D eigenvalue weighted by molar-refractivity contribution is -0.119. The molecule has 1 aromatic rings. The van der Waals surface area contributed by atoms with Gasteiger partial charge in [-0.05, 0) is 25.1 Å². The first kappa shape index (κ1) is 15.8. The Kier molecular flexibility index (Phi) is 5.79. The van der Waals surface area contributed by atoms with Gasteiger partial charge < -0.3 is 21.1 Å². The average Bonchev–Trinajstić information content (AvgIpc) is 2.36. The molecular weight excluding hydrogens is 286 g/mol. The van der Waals surface area contributed by atoms with Gasteiger partial charge in [-0.2, -0.15) is 0 Å². The van der Waals surface area contributed by atoms with Crippen LogP contribution in [0.1, 0.15) is 17.3 Å². The summed E-state index contributed by atoms with van der Waals surface area (Å²) in [5.41, 5.74) is 0.180. The van der Waals surface area contributed by atoms with Crippen molar-refractivity contribution in [2.24, 2.45) is 0 Å². The number of rotatable bonds is 5. The molecule has 0 aromatic heterocycles. The van der Waals surface area contributed by atoms with Gasteiger partial charge in [0.15, 0.2) is 0 Å². The van der Waals surface area contributed by atoms with E-state index in [1.807, 2.05) is 0 Å². The number of carboxylic acids is 1. The molecule has 0 atom stereocenters. The monoisotopic (exact) mass is 299 g/mol. The van der Waals surface area contributed by atoms with Crippen LogP contribution in [0.3, 0.4) is 0 Å². The van der Waals surface area contributed by atoms with Gasteiger partial charge in [0.05, 0.1) is 12.1 Å². The Morgan fingerprint density at radius 3 is 2.50 bits per heavy atom. The summed E-state index contributed by atoms with van der Waals surface area (Å²) in [6.45, 7) is 2.06. The van der Waals surface area contributed by atoms with Gasteiger partial charge in [0.1, 0.15) is 0 Å². The minimum Gasteiger partial charge on any atom is -0.478 e. The standard InChI is InChI=1S/C12H14ClN3O4/c1-2-14-10(17)6-15-12(20)16-9-4-7(11(18)19)3-8(13)5-9/h3-5H,2,6H2,1H3,(H,14,17)(H,18,19)(H2,15,16,20). The highest BCUT2D eigenvalue weighted by molar-refractivity contribution is 6.31. The first-order valence-electron chi connectivity index (χ1n) is 5.77. The van der Waals surface area contributed by atoms with Crippen molar-refractivity contribution in [1.29, 1.82) is 0 Å². The van der Waals surface area contributed by atoms with Crippen LogP contribution in [-0.4, -0.2) is 36.1 Å². The molecule has 4 N–H and O–H groups in total. The number of carbonyl (C=O) groups excluding carboxylic acids is 2. The quantitative estimate of drug-likeness (QED) is 0.657. The fourth-order valence-corrected chi connectivity index (χ4v) is 1.62. The summed E-state index contributed by atoms with van der Waals surface area (Å²) >= 11 is 5.75. The lowest BCUT2D eigenvalue weighted by Gasteiger charge is -2.08. The highest BCUT2D eigenvalue weighted by atomic mass is 35.5. The third-order valence-corrected chi connectivity index (χ3v) is 2.40. The molecule has 0 spiro atoms. The summed E-state index contributed by atoms with van der Waals surface area (Å²) in [4.78, 5) is 33.5. The Balaban J connectivity index is 2.62. The van der Waals surface area contributed by atoms with Gasteiger partial charge in [-0.1, -0.05) is 11.6 Å². The van der Waals surface area contributed by atoms with Crippen LogP contribution in [0.25, 0.3) is 0 Å². The fourth-order valence-electron chi connectivity index (χ4n) is 1.38. The van der Waals surface area contributed by atoms with Gasteiger partial charge in [-0.25, -0.2) is 9.59 Å². The van der Waals surface area contributed by atoms with E-state index in [0.29, 0.717) is 6.54 Å². The van der Waals surface area contributed by atoms with Gasteiger partial charge in [-0.3, -0.25) is 4.79 Å². The number of likely N-dealkylation sites (N-methyl/N-ethyl adjacent to an activating group) is 1. The first-order chi connectivity index (χ1) is 9.42. The predicted octanol–water partition coefficient (Wildman–Crippen LogP) is 1.30. The van der Waals surface area contributed by atoms with Crippen molar-refractivity contribution in [2.75, 3.05) is 18.4 Å². The van der Waals surface area contributed by atoms with Crippen molar-refractivity contribution in [3.05, 3.63) is 28.8 Å². The van der Waals surface area contributed by atoms with Gasteiger partial charge >= 0.3 is 12.0 Å². The molecule has 0 heterocycles. The molecule has 0 aliphatic carbocycles. The van der Waals surface area contributed by atoms with E-state index in [1.54, 1.807) is 6.92 Å². The van der Waals surface area contributed by atoms with Crippen LogP contribution in [0.15, 0.2) is 18.2 Å². The zero-order chi connectivity index (χ0) is 15.1. The second kappa shape index (κ2) is 7.34. The highest BCUT2D eigenvalue weighted by Crippen LogP contribution is 2.19. The van der Waals surface area contributed by atoms with E-state index in [1.165, 1.54) is 18.2 Å². The van der Waals surface area contributed by atoms with Gasteiger partial charge in [0, 0.05) is 17.3 Å². The highest BCUT2D eigenvalue weighted by Gasteiger charge is 2.09. The van der Waals surface area contributed by atoms with Crippen molar-refractivity contribution in [3.63, 3.8) is 0 Å².